The summed E-state index contributed by atoms with van der Waals surface area (Å²) < 4.78 is 0.939. The highest BCUT2D eigenvalue weighted by atomic mass is 79.9. The maximum Gasteiger partial charge on any atom is 0.116 e. The smallest absolute Gasteiger partial charge is 0.116 e. The quantitative estimate of drug-likeness (QED) is 0.749. The minimum absolute atomic E-state index is 0.225. The topological polar surface area (TPSA) is 44.1 Å². The van der Waals surface area contributed by atoms with E-state index in [-0.39, 0.29) is 5.75 Å². The standard InChI is InChI=1S/C11H8BrNO/c12-9-3-7-1-2-10(14)5-11(7)8(4-9)6-13/h1-6,13-14H. The molecule has 14 heavy (non-hydrogen) atoms. The largest absolute Gasteiger partial charge is 0.508 e. The number of phenolic OH excluding ortho intramolecular Hbond substituents is 1. The Balaban J connectivity index is 2.88. The summed E-state index contributed by atoms with van der Waals surface area (Å²) in [6, 6.07) is 8.96. The zero-order valence-electron chi connectivity index (χ0n) is 7.29. The Morgan fingerprint density at radius 1 is 1.21 bits per heavy atom. The highest BCUT2D eigenvalue weighted by Gasteiger charge is 2.01. The molecule has 0 atom stereocenters. The summed E-state index contributed by atoms with van der Waals surface area (Å²) in [5.74, 6) is 0.225. The molecule has 0 aromatic heterocycles. The maximum atomic E-state index is 9.33. The molecule has 0 bridgehead atoms. The molecular weight excluding hydrogens is 242 g/mol. The Labute approximate surface area is 89.8 Å². The van der Waals surface area contributed by atoms with E-state index in [4.69, 9.17) is 5.41 Å². The molecule has 0 radical (unpaired) electrons. The number of phenols is 1. The van der Waals surface area contributed by atoms with Crippen LogP contribution in [0.15, 0.2) is 34.8 Å². The van der Waals surface area contributed by atoms with Gasteiger partial charge in [-0.3, -0.25) is 0 Å². The summed E-state index contributed by atoms with van der Waals surface area (Å²) in [6.07, 6.45) is 1.28. The second-order valence-electron chi connectivity index (χ2n) is 3.04. The lowest BCUT2D eigenvalue weighted by Crippen LogP contribution is -1.83. The zero-order valence-corrected chi connectivity index (χ0v) is 8.88. The number of halogens is 1. The zero-order chi connectivity index (χ0) is 10.1. The van der Waals surface area contributed by atoms with Gasteiger partial charge >= 0.3 is 0 Å². The first kappa shape index (κ1) is 9.21. The van der Waals surface area contributed by atoms with Crippen molar-refractivity contribution in [3.8, 4) is 5.75 Å². The number of benzene rings is 2. The predicted molar refractivity (Wildman–Crippen MR) is 61.2 cm³/mol. The van der Waals surface area contributed by atoms with Gasteiger partial charge in [0.15, 0.2) is 0 Å². The first-order valence-corrected chi connectivity index (χ1v) is 4.93. The van der Waals surface area contributed by atoms with Gasteiger partial charge < -0.3 is 10.5 Å². The van der Waals surface area contributed by atoms with Gasteiger partial charge in [-0.05, 0) is 35.0 Å². The van der Waals surface area contributed by atoms with Crippen molar-refractivity contribution in [1.82, 2.24) is 0 Å². The highest BCUT2D eigenvalue weighted by molar-refractivity contribution is 9.10. The molecule has 0 spiro atoms. The SMILES string of the molecule is N=Cc1cc(Br)cc2ccc(O)cc12. The fourth-order valence-corrected chi connectivity index (χ4v) is 1.95. The van der Waals surface area contributed by atoms with Crippen LogP contribution in [0.1, 0.15) is 5.56 Å². The first-order chi connectivity index (χ1) is 6.70. The van der Waals surface area contributed by atoms with Crippen molar-refractivity contribution in [2.45, 2.75) is 0 Å². The fourth-order valence-electron chi connectivity index (χ4n) is 1.46. The highest BCUT2D eigenvalue weighted by Crippen LogP contribution is 2.26. The van der Waals surface area contributed by atoms with Crippen LogP contribution in [-0.4, -0.2) is 11.3 Å². The molecule has 0 amide bonds. The molecule has 2 aromatic carbocycles. The van der Waals surface area contributed by atoms with Crippen LogP contribution >= 0.6 is 15.9 Å². The van der Waals surface area contributed by atoms with Gasteiger partial charge in [-0.1, -0.05) is 22.0 Å². The van der Waals surface area contributed by atoms with Gasteiger partial charge in [-0.25, -0.2) is 0 Å². The van der Waals surface area contributed by atoms with Crippen molar-refractivity contribution < 1.29 is 5.11 Å². The van der Waals surface area contributed by atoms with E-state index in [2.05, 4.69) is 15.9 Å². The number of fused-ring (bicyclic) bond motifs is 1. The van der Waals surface area contributed by atoms with E-state index in [0.717, 1.165) is 20.8 Å². The Morgan fingerprint density at radius 3 is 2.71 bits per heavy atom. The molecule has 2 N–H and O–H groups in total. The fraction of sp³-hybridized carbons (Fsp3) is 0. The van der Waals surface area contributed by atoms with Crippen molar-refractivity contribution in [3.05, 3.63) is 40.4 Å². The summed E-state index contributed by atoms with van der Waals surface area (Å²) in [4.78, 5) is 0. The average molecular weight is 250 g/mol. The third kappa shape index (κ3) is 1.51. The molecule has 0 unspecified atom stereocenters. The van der Waals surface area contributed by atoms with Crippen molar-refractivity contribution in [3.63, 3.8) is 0 Å². The van der Waals surface area contributed by atoms with E-state index in [1.807, 2.05) is 18.2 Å². The predicted octanol–water partition coefficient (Wildman–Crippen LogP) is 3.31. The molecule has 0 heterocycles. The molecule has 2 rings (SSSR count). The van der Waals surface area contributed by atoms with Crippen LogP contribution < -0.4 is 0 Å². The number of hydrogen-bond donors (Lipinski definition) is 2. The Hall–Kier alpha value is -1.35. The van der Waals surface area contributed by atoms with Crippen LogP contribution in [0, 0.1) is 5.41 Å². The molecule has 0 aliphatic heterocycles. The molecule has 0 saturated carbocycles. The van der Waals surface area contributed by atoms with Crippen LogP contribution in [0.5, 0.6) is 5.75 Å². The third-order valence-electron chi connectivity index (χ3n) is 2.09. The Kier molecular flexibility index (Phi) is 2.25. The molecule has 0 saturated heterocycles. The van der Waals surface area contributed by atoms with E-state index >= 15 is 0 Å². The first-order valence-electron chi connectivity index (χ1n) is 4.13. The summed E-state index contributed by atoms with van der Waals surface area (Å²) in [7, 11) is 0. The lowest BCUT2D eigenvalue weighted by molar-refractivity contribution is 0.476. The number of aromatic hydroxyl groups is 1. The molecular formula is C11H8BrNO. The lowest BCUT2D eigenvalue weighted by Gasteiger charge is -2.03. The van der Waals surface area contributed by atoms with Crippen molar-refractivity contribution in [1.29, 1.82) is 5.41 Å². The van der Waals surface area contributed by atoms with Gasteiger partial charge in [0.05, 0.1) is 0 Å². The van der Waals surface area contributed by atoms with Gasteiger partial charge in [-0.15, -0.1) is 0 Å². The Bertz CT molecular complexity index is 508. The third-order valence-corrected chi connectivity index (χ3v) is 2.55. The van der Waals surface area contributed by atoms with Crippen molar-refractivity contribution >= 4 is 32.9 Å². The maximum absolute atomic E-state index is 9.33. The molecule has 2 aromatic rings. The summed E-state index contributed by atoms with van der Waals surface area (Å²) in [5, 5.41) is 18.5. The number of hydrogen-bond acceptors (Lipinski definition) is 2. The van der Waals surface area contributed by atoms with Crippen molar-refractivity contribution in [2.24, 2.45) is 0 Å². The number of nitrogens with one attached hydrogen (secondary N) is 1. The minimum Gasteiger partial charge on any atom is -0.508 e. The molecule has 70 valence electrons. The number of rotatable bonds is 1. The van der Waals surface area contributed by atoms with Crippen LogP contribution in [-0.2, 0) is 0 Å². The van der Waals surface area contributed by atoms with E-state index in [9.17, 15) is 5.11 Å². The van der Waals surface area contributed by atoms with E-state index in [1.165, 1.54) is 6.21 Å². The van der Waals surface area contributed by atoms with Gasteiger partial charge in [0.25, 0.3) is 0 Å². The van der Waals surface area contributed by atoms with E-state index < -0.39 is 0 Å². The molecule has 2 nitrogen and oxygen atoms in total. The van der Waals surface area contributed by atoms with Crippen LogP contribution in [0.25, 0.3) is 10.8 Å². The lowest BCUT2D eigenvalue weighted by atomic mass is 10.1. The molecule has 3 heteroatoms. The van der Waals surface area contributed by atoms with Gasteiger partial charge in [0, 0.05) is 16.3 Å². The molecule has 0 aliphatic rings. The van der Waals surface area contributed by atoms with Crippen LogP contribution in [0.2, 0.25) is 0 Å². The summed E-state index contributed by atoms with van der Waals surface area (Å²) >= 11 is 3.38. The van der Waals surface area contributed by atoms with E-state index in [1.54, 1.807) is 12.1 Å². The second-order valence-corrected chi connectivity index (χ2v) is 3.96. The monoisotopic (exact) mass is 249 g/mol. The van der Waals surface area contributed by atoms with Crippen molar-refractivity contribution in [2.75, 3.05) is 0 Å². The Morgan fingerprint density at radius 2 is 2.00 bits per heavy atom. The van der Waals surface area contributed by atoms with Crippen LogP contribution in [0.3, 0.4) is 0 Å². The van der Waals surface area contributed by atoms with Gasteiger partial charge in [-0.2, -0.15) is 0 Å². The van der Waals surface area contributed by atoms with Gasteiger partial charge in [0.1, 0.15) is 5.75 Å². The summed E-state index contributed by atoms with van der Waals surface area (Å²) in [5.41, 5.74) is 0.797. The molecule has 0 aliphatic carbocycles. The second kappa shape index (κ2) is 3.42. The molecule has 0 fully saturated rings. The summed E-state index contributed by atoms with van der Waals surface area (Å²) in [6.45, 7) is 0. The average Bonchev–Trinajstić information content (AvgIpc) is 2.17. The van der Waals surface area contributed by atoms with Gasteiger partial charge in [0.2, 0.25) is 0 Å². The van der Waals surface area contributed by atoms with E-state index in [0.29, 0.717) is 0 Å². The minimum atomic E-state index is 0.225. The normalized spacial score (nSPS) is 10.4. The van der Waals surface area contributed by atoms with Crippen LogP contribution in [0.4, 0.5) is 0 Å².